The van der Waals surface area contributed by atoms with E-state index in [-0.39, 0.29) is 23.7 Å². The Labute approximate surface area is 127 Å². The molecule has 2 aromatic carbocycles. The number of benzene rings is 2. The van der Waals surface area contributed by atoms with Crippen LogP contribution in [0.1, 0.15) is 29.7 Å². The Hall–Kier alpha value is -1.96. The van der Waals surface area contributed by atoms with E-state index >= 15 is 0 Å². The summed E-state index contributed by atoms with van der Waals surface area (Å²) in [6.07, 6.45) is 0. The van der Waals surface area contributed by atoms with E-state index < -0.39 is 11.6 Å². The standard InChI is InChI=1S/C16H13ClF2N2/c1-10(12-4-2-3-5-14(12)17)21-9-13-15(18)6-11(8-20)7-16(13)19/h2-7,10,21H,9H2,1H3/t10-/m0/s1. The van der Waals surface area contributed by atoms with Crippen molar-refractivity contribution in [1.29, 1.82) is 5.26 Å². The molecule has 2 aromatic rings. The van der Waals surface area contributed by atoms with Crippen LogP contribution >= 0.6 is 11.6 Å². The zero-order chi connectivity index (χ0) is 15.4. The topological polar surface area (TPSA) is 35.8 Å². The van der Waals surface area contributed by atoms with Gasteiger partial charge in [0.2, 0.25) is 0 Å². The third-order valence-corrected chi connectivity index (χ3v) is 3.57. The molecule has 0 heterocycles. The smallest absolute Gasteiger partial charge is 0.131 e. The second-order valence-electron chi connectivity index (χ2n) is 4.65. The summed E-state index contributed by atoms with van der Waals surface area (Å²) in [5, 5.41) is 12.3. The molecule has 0 saturated heterocycles. The predicted molar refractivity (Wildman–Crippen MR) is 77.8 cm³/mol. The van der Waals surface area contributed by atoms with Gasteiger partial charge in [-0.3, -0.25) is 0 Å². The van der Waals surface area contributed by atoms with E-state index in [9.17, 15) is 8.78 Å². The van der Waals surface area contributed by atoms with E-state index in [1.807, 2.05) is 25.1 Å². The number of nitriles is 1. The lowest BCUT2D eigenvalue weighted by molar-refractivity contribution is 0.509. The van der Waals surface area contributed by atoms with E-state index in [0.29, 0.717) is 5.02 Å². The molecule has 0 unspecified atom stereocenters. The minimum atomic E-state index is -0.731. The van der Waals surface area contributed by atoms with Crippen LogP contribution in [0.3, 0.4) is 0 Å². The molecule has 21 heavy (non-hydrogen) atoms. The van der Waals surface area contributed by atoms with Gasteiger partial charge in [-0.15, -0.1) is 0 Å². The van der Waals surface area contributed by atoms with Gasteiger partial charge in [-0.2, -0.15) is 5.26 Å². The van der Waals surface area contributed by atoms with Crippen LogP contribution in [0.25, 0.3) is 0 Å². The molecule has 5 heteroatoms. The molecule has 108 valence electrons. The van der Waals surface area contributed by atoms with Crippen LogP contribution in [0.2, 0.25) is 5.02 Å². The average Bonchev–Trinajstić information content (AvgIpc) is 2.46. The monoisotopic (exact) mass is 306 g/mol. The summed E-state index contributed by atoms with van der Waals surface area (Å²) in [7, 11) is 0. The number of rotatable bonds is 4. The van der Waals surface area contributed by atoms with Gasteiger partial charge in [0, 0.05) is 23.2 Å². The van der Waals surface area contributed by atoms with E-state index in [0.717, 1.165) is 17.7 Å². The van der Waals surface area contributed by atoms with Crippen molar-refractivity contribution < 1.29 is 8.78 Å². The highest BCUT2D eigenvalue weighted by Crippen LogP contribution is 2.23. The van der Waals surface area contributed by atoms with Crippen LogP contribution in [-0.2, 0) is 6.54 Å². The van der Waals surface area contributed by atoms with Crippen LogP contribution in [0.4, 0.5) is 8.78 Å². The number of hydrogen-bond donors (Lipinski definition) is 1. The highest BCUT2D eigenvalue weighted by Gasteiger charge is 2.14. The van der Waals surface area contributed by atoms with Crippen LogP contribution in [0.5, 0.6) is 0 Å². The zero-order valence-electron chi connectivity index (χ0n) is 11.3. The van der Waals surface area contributed by atoms with Gasteiger partial charge in [-0.05, 0) is 30.7 Å². The fourth-order valence-corrected chi connectivity index (χ4v) is 2.33. The first-order valence-corrected chi connectivity index (χ1v) is 6.76. The van der Waals surface area contributed by atoms with Crippen molar-refractivity contribution in [2.45, 2.75) is 19.5 Å². The summed E-state index contributed by atoms with van der Waals surface area (Å²) < 4.78 is 27.5. The molecule has 2 nitrogen and oxygen atoms in total. The summed E-state index contributed by atoms with van der Waals surface area (Å²) in [5.41, 5.74) is 0.731. The first-order chi connectivity index (χ1) is 10.0. The summed E-state index contributed by atoms with van der Waals surface area (Å²) in [6.45, 7) is 1.87. The Morgan fingerprint density at radius 2 is 1.86 bits per heavy atom. The molecule has 0 amide bonds. The quantitative estimate of drug-likeness (QED) is 0.912. The van der Waals surface area contributed by atoms with Crippen molar-refractivity contribution in [1.82, 2.24) is 5.32 Å². The molecule has 0 aromatic heterocycles. The highest BCUT2D eigenvalue weighted by molar-refractivity contribution is 6.31. The fourth-order valence-electron chi connectivity index (χ4n) is 2.03. The van der Waals surface area contributed by atoms with Gasteiger partial charge in [0.1, 0.15) is 11.6 Å². The van der Waals surface area contributed by atoms with E-state index in [4.69, 9.17) is 16.9 Å². The zero-order valence-corrected chi connectivity index (χ0v) is 12.1. The molecule has 0 aliphatic heterocycles. The van der Waals surface area contributed by atoms with Crippen LogP contribution in [0.15, 0.2) is 36.4 Å². The Morgan fingerprint density at radius 3 is 2.43 bits per heavy atom. The molecule has 1 N–H and O–H groups in total. The molecule has 1 atom stereocenters. The maximum Gasteiger partial charge on any atom is 0.131 e. The van der Waals surface area contributed by atoms with Gasteiger partial charge in [0.15, 0.2) is 0 Å². The molecule has 0 bridgehead atoms. The summed E-state index contributed by atoms with van der Waals surface area (Å²) in [5.74, 6) is -1.46. The van der Waals surface area contributed by atoms with Crippen molar-refractivity contribution in [3.05, 3.63) is 69.7 Å². The Balaban J connectivity index is 2.14. The average molecular weight is 307 g/mol. The molecule has 2 rings (SSSR count). The predicted octanol–water partition coefficient (Wildman–Crippen LogP) is 4.34. The molecule has 0 fully saturated rings. The number of halogens is 3. The molecule has 0 spiro atoms. The molecule has 0 saturated carbocycles. The maximum atomic E-state index is 13.8. The van der Waals surface area contributed by atoms with E-state index in [2.05, 4.69) is 5.32 Å². The molecule has 0 aliphatic rings. The van der Waals surface area contributed by atoms with Gasteiger partial charge in [0.05, 0.1) is 11.6 Å². The Kier molecular flexibility index (Phi) is 4.89. The van der Waals surface area contributed by atoms with Crippen LogP contribution < -0.4 is 5.32 Å². The SMILES string of the molecule is C[C@H](NCc1c(F)cc(C#N)cc1F)c1ccccc1Cl. The van der Waals surface area contributed by atoms with Gasteiger partial charge in [-0.25, -0.2) is 8.78 Å². The van der Waals surface area contributed by atoms with Gasteiger partial charge < -0.3 is 5.32 Å². The lowest BCUT2D eigenvalue weighted by Crippen LogP contribution is -2.20. The van der Waals surface area contributed by atoms with Crippen molar-refractivity contribution in [2.75, 3.05) is 0 Å². The summed E-state index contributed by atoms with van der Waals surface area (Å²) in [4.78, 5) is 0. The highest BCUT2D eigenvalue weighted by atomic mass is 35.5. The number of nitrogens with zero attached hydrogens (tertiary/aromatic N) is 1. The third-order valence-electron chi connectivity index (χ3n) is 3.23. The third kappa shape index (κ3) is 3.57. The van der Waals surface area contributed by atoms with E-state index in [1.54, 1.807) is 12.1 Å². The minimum Gasteiger partial charge on any atom is -0.306 e. The minimum absolute atomic E-state index is 0.00969. The first kappa shape index (κ1) is 15.4. The summed E-state index contributed by atoms with van der Waals surface area (Å²) in [6, 6.07) is 10.9. The van der Waals surface area contributed by atoms with Gasteiger partial charge in [-0.1, -0.05) is 29.8 Å². The molecule has 0 aliphatic carbocycles. The summed E-state index contributed by atoms with van der Waals surface area (Å²) >= 11 is 6.08. The van der Waals surface area contributed by atoms with Crippen LogP contribution in [0, 0.1) is 23.0 Å². The van der Waals surface area contributed by atoms with Crippen LogP contribution in [-0.4, -0.2) is 0 Å². The van der Waals surface area contributed by atoms with Crippen molar-refractivity contribution in [3.8, 4) is 6.07 Å². The molecular formula is C16H13ClF2N2. The van der Waals surface area contributed by atoms with Crippen molar-refractivity contribution in [2.24, 2.45) is 0 Å². The fraction of sp³-hybridized carbons (Fsp3) is 0.188. The second kappa shape index (κ2) is 6.66. The second-order valence-corrected chi connectivity index (χ2v) is 5.06. The number of nitrogens with one attached hydrogen (secondary N) is 1. The largest absolute Gasteiger partial charge is 0.306 e. The first-order valence-electron chi connectivity index (χ1n) is 6.38. The molecule has 0 radical (unpaired) electrons. The van der Waals surface area contributed by atoms with Crippen molar-refractivity contribution in [3.63, 3.8) is 0 Å². The number of hydrogen-bond acceptors (Lipinski definition) is 2. The van der Waals surface area contributed by atoms with Crippen molar-refractivity contribution >= 4 is 11.6 Å². The Bertz CT molecular complexity index is 672. The normalized spacial score (nSPS) is 12.0. The Morgan fingerprint density at radius 1 is 1.24 bits per heavy atom. The maximum absolute atomic E-state index is 13.8. The van der Waals surface area contributed by atoms with E-state index in [1.165, 1.54) is 0 Å². The molecular weight excluding hydrogens is 294 g/mol. The van der Waals surface area contributed by atoms with Gasteiger partial charge in [0.25, 0.3) is 0 Å². The lowest BCUT2D eigenvalue weighted by Gasteiger charge is -2.16. The van der Waals surface area contributed by atoms with Gasteiger partial charge >= 0.3 is 0 Å². The lowest BCUT2D eigenvalue weighted by atomic mass is 10.1.